The van der Waals surface area contributed by atoms with Crippen molar-refractivity contribution in [2.45, 2.75) is 5.38 Å². The molecule has 2 heteroatoms. The standard InChI is InChI=1S/C10H9ClN/c11-10-6-8(12)5-7-3-1-2-4-9(7)10/h1-6,10H,12H2. The lowest BCUT2D eigenvalue weighted by Gasteiger charge is -2.17. The first-order valence-corrected chi connectivity index (χ1v) is 4.26. The molecule has 0 heterocycles. The molecule has 0 bridgehead atoms. The van der Waals surface area contributed by atoms with Crippen molar-refractivity contribution in [2.75, 3.05) is 0 Å². The van der Waals surface area contributed by atoms with Crippen LogP contribution in [0.4, 0.5) is 0 Å². The molecule has 0 saturated carbocycles. The molecule has 1 atom stereocenters. The fourth-order valence-electron chi connectivity index (χ4n) is 1.38. The summed E-state index contributed by atoms with van der Waals surface area (Å²) in [4.78, 5) is 0. The van der Waals surface area contributed by atoms with E-state index in [1.165, 1.54) is 0 Å². The highest BCUT2D eigenvalue weighted by molar-refractivity contribution is 6.22. The molecule has 1 radical (unpaired) electrons. The molecule has 0 aromatic heterocycles. The number of hydrogen-bond acceptors (Lipinski definition) is 1. The van der Waals surface area contributed by atoms with Gasteiger partial charge in [-0.15, -0.1) is 11.6 Å². The molecule has 12 heavy (non-hydrogen) atoms. The third-order valence-corrected chi connectivity index (χ3v) is 2.32. The summed E-state index contributed by atoms with van der Waals surface area (Å²) in [5.74, 6) is 0. The Morgan fingerprint density at radius 1 is 1.25 bits per heavy atom. The van der Waals surface area contributed by atoms with Crippen molar-refractivity contribution in [1.82, 2.24) is 0 Å². The van der Waals surface area contributed by atoms with E-state index in [1.54, 1.807) is 0 Å². The lowest BCUT2D eigenvalue weighted by molar-refractivity contribution is 1.09. The van der Waals surface area contributed by atoms with Crippen LogP contribution in [0.15, 0.2) is 36.0 Å². The van der Waals surface area contributed by atoms with Gasteiger partial charge in [0.2, 0.25) is 0 Å². The number of nitrogens with two attached hydrogens (primary N) is 1. The third-order valence-electron chi connectivity index (χ3n) is 1.95. The molecule has 0 aliphatic heterocycles. The summed E-state index contributed by atoms with van der Waals surface area (Å²) in [6.07, 6.45) is 3.79. The quantitative estimate of drug-likeness (QED) is 0.607. The molecule has 1 aliphatic carbocycles. The Balaban J connectivity index is 2.48. The van der Waals surface area contributed by atoms with Crippen LogP contribution in [0.2, 0.25) is 0 Å². The van der Waals surface area contributed by atoms with Crippen molar-refractivity contribution in [1.29, 1.82) is 0 Å². The molecule has 1 aromatic rings. The minimum absolute atomic E-state index is 0.0776. The summed E-state index contributed by atoms with van der Waals surface area (Å²) >= 11 is 6.07. The number of benzene rings is 1. The Kier molecular flexibility index (Phi) is 1.81. The van der Waals surface area contributed by atoms with E-state index in [-0.39, 0.29) is 5.38 Å². The van der Waals surface area contributed by atoms with Gasteiger partial charge in [-0.3, -0.25) is 0 Å². The molecule has 61 valence electrons. The van der Waals surface area contributed by atoms with Crippen LogP contribution < -0.4 is 5.73 Å². The summed E-state index contributed by atoms with van der Waals surface area (Å²) in [7, 11) is 0. The summed E-state index contributed by atoms with van der Waals surface area (Å²) < 4.78 is 0. The third kappa shape index (κ3) is 1.21. The van der Waals surface area contributed by atoms with Crippen molar-refractivity contribution < 1.29 is 0 Å². The van der Waals surface area contributed by atoms with Crippen molar-refractivity contribution in [3.8, 4) is 0 Å². The van der Waals surface area contributed by atoms with Gasteiger partial charge in [-0.25, -0.2) is 0 Å². The zero-order valence-corrected chi connectivity index (χ0v) is 7.25. The van der Waals surface area contributed by atoms with E-state index in [0.29, 0.717) is 0 Å². The van der Waals surface area contributed by atoms with E-state index < -0.39 is 0 Å². The van der Waals surface area contributed by atoms with E-state index in [4.69, 9.17) is 17.3 Å². The van der Waals surface area contributed by atoms with Gasteiger partial charge in [-0.05, 0) is 17.2 Å². The van der Waals surface area contributed by atoms with E-state index in [9.17, 15) is 0 Å². The summed E-state index contributed by atoms with van der Waals surface area (Å²) in [6, 6.07) is 8.01. The van der Waals surface area contributed by atoms with Crippen LogP contribution in [0.5, 0.6) is 0 Å². The Morgan fingerprint density at radius 3 is 2.83 bits per heavy atom. The molecular weight excluding hydrogens is 170 g/mol. The van der Waals surface area contributed by atoms with Crippen molar-refractivity contribution in [2.24, 2.45) is 5.73 Å². The van der Waals surface area contributed by atoms with Crippen LogP contribution in [0.25, 0.3) is 0 Å². The second-order valence-corrected chi connectivity index (χ2v) is 3.31. The largest absolute Gasteiger partial charge is 0.402 e. The first-order chi connectivity index (χ1) is 5.77. The molecule has 0 spiro atoms. The molecular formula is C10H9ClN. The monoisotopic (exact) mass is 178 g/mol. The van der Waals surface area contributed by atoms with E-state index >= 15 is 0 Å². The highest BCUT2D eigenvalue weighted by Gasteiger charge is 2.15. The van der Waals surface area contributed by atoms with Crippen molar-refractivity contribution in [3.05, 3.63) is 53.6 Å². The van der Waals surface area contributed by atoms with Gasteiger partial charge in [0, 0.05) is 12.1 Å². The van der Waals surface area contributed by atoms with Crippen molar-refractivity contribution in [3.63, 3.8) is 0 Å². The number of rotatable bonds is 0. The minimum Gasteiger partial charge on any atom is -0.402 e. The molecule has 2 N–H and O–H groups in total. The van der Waals surface area contributed by atoms with Crippen molar-refractivity contribution >= 4 is 11.6 Å². The van der Waals surface area contributed by atoms with Gasteiger partial charge < -0.3 is 5.73 Å². The predicted molar refractivity (Wildman–Crippen MR) is 50.7 cm³/mol. The maximum Gasteiger partial charge on any atom is 0.0788 e. The average molecular weight is 179 g/mol. The number of halogens is 1. The smallest absolute Gasteiger partial charge is 0.0788 e. The fraction of sp³-hybridized carbons (Fsp3) is 0.100. The highest BCUT2D eigenvalue weighted by Crippen LogP contribution is 2.31. The molecule has 0 fully saturated rings. The van der Waals surface area contributed by atoms with Gasteiger partial charge in [-0.2, -0.15) is 0 Å². The summed E-state index contributed by atoms with van der Waals surface area (Å²) in [6.45, 7) is 0. The van der Waals surface area contributed by atoms with E-state index in [0.717, 1.165) is 16.8 Å². The Labute approximate surface area is 76.8 Å². The second-order valence-electron chi connectivity index (χ2n) is 2.84. The normalized spacial score (nSPS) is 21.4. The fourth-order valence-corrected chi connectivity index (χ4v) is 1.72. The molecule has 0 amide bonds. The molecule has 1 nitrogen and oxygen atoms in total. The van der Waals surface area contributed by atoms with Crippen LogP contribution >= 0.6 is 11.6 Å². The van der Waals surface area contributed by atoms with Gasteiger partial charge in [0.05, 0.1) is 5.38 Å². The van der Waals surface area contributed by atoms with Gasteiger partial charge in [0.15, 0.2) is 0 Å². The van der Waals surface area contributed by atoms with Crippen LogP contribution in [-0.4, -0.2) is 0 Å². The highest BCUT2D eigenvalue weighted by atomic mass is 35.5. The maximum atomic E-state index is 6.07. The molecule has 0 saturated heterocycles. The number of allylic oxidation sites excluding steroid dienone is 2. The Bertz CT molecular complexity index is 330. The van der Waals surface area contributed by atoms with Crippen LogP contribution in [0, 0.1) is 6.42 Å². The first kappa shape index (κ1) is 7.69. The molecule has 1 aromatic carbocycles. The van der Waals surface area contributed by atoms with Crippen LogP contribution in [0.1, 0.15) is 16.5 Å². The molecule has 1 unspecified atom stereocenters. The van der Waals surface area contributed by atoms with Gasteiger partial charge >= 0.3 is 0 Å². The number of hydrogen-bond donors (Lipinski definition) is 1. The first-order valence-electron chi connectivity index (χ1n) is 3.82. The minimum atomic E-state index is -0.0776. The SMILES string of the molecule is NC1=CC(Cl)c2ccccc2[CH]1. The van der Waals surface area contributed by atoms with E-state index in [1.807, 2.05) is 36.8 Å². The summed E-state index contributed by atoms with van der Waals surface area (Å²) in [5.41, 5.74) is 8.66. The Morgan fingerprint density at radius 2 is 2.00 bits per heavy atom. The van der Waals surface area contributed by atoms with Crippen LogP contribution in [0.3, 0.4) is 0 Å². The van der Waals surface area contributed by atoms with Gasteiger partial charge in [0.1, 0.15) is 0 Å². The zero-order chi connectivity index (χ0) is 8.55. The lowest BCUT2D eigenvalue weighted by atomic mass is 9.95. The zero-order valence-electron chi connectivity index (χ0n) is 6.50. The number of alkyl halides is 1. The molecule has 2 rings (SSSR count). The molecule has 1 aliphatic rings. The second kappa shape index (κ2) is 2.83. The maximum absolute atomic E-state index is 6.07. The lowest BCUT2D eigenvalue weighted by Crippen LogP contribution is -2.08. The van der Waals surface area contributed by atoms with Gasteiger partial charge in [0.25, 0.3) is 0 Å². The topological polar surface area (TPSA) is 26.0 Å². The summed E-state index contributed by atoms with van der Waals surface area (Å²) in [5, 5.41) is -0.0776. The van der Waals surface area contributed by atoms with E-state index in [2.05, 4.69) is 0 Å². The van der Waals surface area contributed by atoms with Crippen LogP contribution in [-0.2, 0) is 0 Å². The Hall–Kier alpha value is -0.950. The predicted octanol–water partition coefficient (Wildman–Crippen LogP) is 2.38. The average Bonchev–Trinajstić information content (AvgIpc) is 2.04. The van der Waals surface area contributed by atoms with Gasteiger partial charge in [-0.1, -0.05) is 24.3 Å². The number of fused-ring (bicyclic) bond motifs is 1.